The minimum Gasteiger partial charge on any atom is -0.319 e. The van der Waals surface area contributed by atoms with E-state index >= 15 is 0 Å². The number of pyridine rings is 1. The van der Waals surface area contributed by atoms with Crippen molar-refractivity contribution < 1.29 is 0 Å². The highest BCUT2D eigenvalue weighted by Crippen LogP contribution is 2.41. The van der Waals surface area contributed by atoms with Crippen LogP contribution in [0.4, 0.5) is 0 Å². The van der Waals surface area contributed by atoms with Gasteiger partial charge >= 0.3 is 0 Å². The van der Waals surface area contributed by atoms with Crippen LogP contribution in [0.25, 0.3) is 0 Å². The summed E-state index contributed by atoms with van der Waals surface area (Å²) in [5.74, 6) is 0.245. The average Bonchev–Trinajstić information content (AvgIpc) is 3.60. The minimum atomic E-state index is -0.540. The number of piperazine rings is 1. The van der Waals surface area contributed by atoms with Gasteiger partial charge < -0.3 is 9.47 Å². The molecule has 236 valence electrons. The lowest BCUT2D eigenvalue weighted by Crippen LogP contribution is -2.46. The van der Waals surface area contributed by atoms with E-state index < -0.39 is 5.54 Å². The summed E-state index contributed by atoms with van der Waals surface area (Å²) in [6.07, 6.45) is 7.18. The lowest BCUT2D eigenvalue weighted by atomic mass is 9.77. The Morgan fingerprint density at radius 3 is 1.72 bits per heavy atom. The largest absolute Gasteiger partial charge is 0.319 e. The van der Waals surface area contributed by atoms with Crippen LogP contribution in [0, 0.1) is 0 Å². The molecule has 0 N–H and O–H groups in total. The predicted molar refractivity (Wildman–Crippen MR) is 191 cm³/mol. The third-order valence-corrected chi connectivity index (χ3v) is 9.75. The van der Waals surface area contributed by atoms with E-state index in [0.717, 1.165) is 62.1 Å². The summed E-state index contributed by atoms with van der Waals surface area (Å²) in [7, 11) is 0. The van der Waals surface area contributed by atoms with Gasteiger partial charge in [0.05, 0.1) is 12.0 Å². The zero-order valence-corrected chi connectivity index (χ0v) is 27.3. The van der Waals surface area contributed by atoms with Crippen molar-refractivity contribution in [2.75, 3.05) is 32.7 Å². The quantitative estimate of drug-likeness (QED) is 0.135. The SMILES string of the molecule is Clc1ccc(C(CCN2CCN(Cc3cn(C(c4ccccc4)(c4ccccc4)c4ccccc4)cn3)CC2)c2ccccn2)cc1. The first-order chi connectivity index (χ1) is 23.2. The molecule has 0 spiro atoms. The monoisotopic (exact) mass is 637 g/mol. The molecular weight excluding hydrogens is 598 g/mol. The molecule has 4 aromatic carbocycles. The van der Waals surface area contributed by atoms with Gasteiger partial charge in [0, 0.05) is 61.8 Å². The maximum atomic E-state index is 6.21. The third-order valence-electron chi connectivity index (χ3n) is 9.50. The van der Waals surface area contributed by atoms with Gasteiger partial charge in [0.2, 0.25) is 0 Å². The van der Waals surface area contributed by atoms with Gasteiger partial charge in [-0.1, -0.05) is 121 Å². The summed E-state index contributed by atoms with van der Waals surface area (Å²) < 4.78 is 2.31. The molecule has 0 amide bonds. The second-order valence-electron chi connectivity index (χ2n) is 12.3. The van der Waals surface area contributed by atoms with Crippen LogP contribution < -0.4 is 0 Å². The molecule has 1 unspecified atom stereocenters. The smallest absolute Gasteiger partial charge is 0.121 e. The molecule has 6 heteroatoms. The Balaban J connectivity index is 1.06. The molecule has 0 bridgehead atoms. The van der Waals surface area contributed by atoms with E-state index in [9.17, 15) is 0 Å². The molecular formula is C41H40ClN5. The Bertz CT molecular complexity index is 1720. The Morgan fingerprint density at radius 2 is 1.17 bits per heavy atom. The Morgan fingerprint density at radius 1 is 0.617 bits per heavy atom. The first-order valence-corrected chi connectivity index (χ1v) is 16.9. The standard InChI is InChI=1S/C41H40ClN5/c42-37-21-19-33(20-22-37)39(40-18-10-11-24-43-40)23-25-45-26-28-46(29-27-45)30-38-31-47(32-44-38)41(34-12-4-1-5-13-34,35-14-6-2-7-15-35)36-16-8-3-9-17-36/h1-22,24,31-32,39H,23,25-30H2. The van der Waals surface area contributed by atoms with Crippen LogP contribution in [0.15, 0.2) is 152 Å². The van der Waals surface area contributed by atoms with Crippen molar-refractivity contribution in [1.29, 1.82) is 0 Å². The van der Waals surface area contributed by atoms with Crippen LogP contribution in [0.1, 0.15) is 46.0 Å². The van der Waals surface area contributed by atoms with E-state index in [4.69, 9.17) is 21.6 Å². The number of nitrogens with zero attached hydrogens (tertiary/aromatic N) is 5. The van der Waals surface area contributed by atoms with E-state index in [-0.39, 0.29) is 5.92 Å². The fourth-order valence-corrected chi connectivity index (χ4v) is 7.21. The summed E-state index contributed by atoms with van der Waals surface area (Å²) >= 11 is 6.21. The molecule has 1 fully saturated rings. The second-order valence-corrected chi connectivity index (χ2v) is 12.8. The molecule has 47 heavy (non-hydrogen) atoms. The molecule has 0 aliphatic carbocycles. The van der Waals surface area contributed by atoms with Gasteiger partial charge in [0.15, 0.2) is 0 Å². The first-order valence-electron chi connectivity index (χ1n) is 16.5. The molecule has 5 nitrogen and oxygen atoms in total. The maximum absolute atomic E-state index is 6.21. The molecule has 1 aliphatic rings. The Labute approximate surface area is 283 Å². The van der Waals surface area contributed by atoms with Crippen LogP contribution in [0.2, 0.25) is 5.02 Å². The third kappa shape index (κ3) is 6.79. The first kappa shape index (κ1) is 31.1. The molecule has 1 aliphatic heterocycles. The molecule has 0 saturated carbocycles. The van der Waals surface area contributed by atoms with Gasteiger partial charge in [-0.05, 0) is 59.5 Å². The predicted octanol–water partition coefficient (Wildman–Crippen LogP) is 8.11. The van der Waals surface area contributed by atoms with Crippen LogP contribution >= 0.6 is 11.6 Å². The van der Waals surface area contributed by atoms with Crippen molar-refractivity contribution >= 4 is 11.6 Å². The van der Waals surface area contributed by atoms with E-state index in [2.05, 4.69) is 136 Å². The fourth-order valence-electron chi connectivity index (χ4n) is 7.09. The molecule has 2 aromatic heterocycles. The van der Waals surface area contributed by atoms with Crippen LogP contribution in [-0.2, 0) is 12.1 Å². The van der Waals surface area contributed by atoms with E-state index in [1.807, 2.05) is 30.7 Å². The Hall–Kier alpha value is -4.55. The minimum absolute atomic E-state index is 0.245. The molecule has 0 radical (unpaired) electrons. The van der Waals surface area contributed by atoms with Crippen LogP contribution in [0.3, 0.4) is 0 Å². The number of halogens is 1. The van der Waals surface area contributed by atoms with Crippen molar-refractivity contribution in [2.24, 2.45) is 0 Å². The summed E-state index contributed by atoms with van der Waals surface area (Å²) in [6, 6.07) is 46.8. The Kier molecular flexibility index (Phi) is 9.57. The lowest BCUT2D eigenvalue weighted by molar-refractivity contribution is 0.124. The second kappa shape index (κ2) is 14.5. The molecule has 7 rings (SSSR count). The average molecular weight is 638 g/mol. The van der Waals surface area contributed by atoms with Gasteiger partial charge in [-0.3, -0.25) is 9.88 Å². The van der Waals surface area contributed by atoms with E-state index in [1.54, 1.807) is 0 Å². The molecule has 6 aromatic rings. The maximum Gasteiger partial charge on any atom is 0.121 e. The molecule has 3 heterocycles. The zero-order chi connectivity index (χ0) is 31.9. The van der Waals surface area contributed by atoms with Crippen molar-refractivity contribution in [2.45, 2.75) is 24.4 Å². The number of hydrogen-bond acceptors (Lipinski definition) is 4. The summed E-state index contributed by atoms with van der Waals surface area (Å²) in [6.45, 7) is 5.97. The van der Waals surface area contributed by atoms with Crippen LogP contribution in [-0.4, -0.2) is 57.1 Å². The van der Waals surface area contributed by atoms with Gasteiger partial charge in [-0.2, -0.15) is 0 Å². The number of hydrogen-bond donors (Lipinski definition) is 0. The van der Waals surface area contributed by atoms with E-state index in [1.165, 1.54) is 22.3 Å². The van der Waals surface area contributed by atoms with Crippen molar-refractivity contribution in [3.8, 4) is 0 Å². The zero-order valence-electron chi connectivity index (χ0n) is 26.6. The molecule has 1 atom stereocenters. The number of rotatable bonds is 11. The van der Waals surface area contributed by atoms with Crippen molar-refractivity contribution in [3.05, 3.63) is 191 Å². The van der Waals surface area contributed by atoms with Crippen molar-refractivity contribution in [3.63, 3.8) is 0 Å². The molecule has 1 saturated heterocycles. The summed E-state index contributed by atoms with van der Waals surface area (Å²) in [4.78, 5) is 14.8. The number of benzene rings is 4. The van der Waals surface area contributed by atoms with Gasteiger partial charge in [0.1, 0.15) is 5.54 Å². The normalized spacial score (nSPS) is 15.0. The summed E-state index contributed by atoms with van der Waals surface area (Å²) in [5.41, 5.74) is 6.54. The van der Waals surface area contributed by atoms with E-state index in [0.29, 0.717) is 0 Å². The van der Waals surface area contributed by atoms with Crippen LogP contribution in [0.5, 0.6) is 0 Å². The number of aromatic nitrogens is 3. The topological polar surface area (TPSA) is 37.2 Å². The van der Waals surface area contributed by atoms with Gasteiger partial charge in [0.25, 0.3) is 0 Å². The highest BCUT2D eigenvalue weighted by molar-refractivity contribution is 6.30. The lowest BCUT2D eigenvalue weighted by Gasteiger charge is -2.37. The highest BCUT2D eigenvalue weighted by atomic mass is 35.5. The summed E-state index contributed by atoms with van der Waals surface area (Å²) in [5, 5.41) is 0.764. The van der Waals surface area contributed by atoms with Crippen molar-refractivity contribution in [1.82, 2.24) is 24.3 Å². The highest BCUT2D eigenvalue weighted by Gasteiger charge is 2.38. The van der Waals surface area contributed by atoms with Gasteiger partial charge in [-0.25, -0.2) is 4.98 Å². The fraction of sp³-hybridized carbons (Fsp3) is 0.220. The van der Waals surface area contributed by atoms with Gasteiger partial charge in [-0.15, -0.1) is 0 Å². The number of imidazole rings is 1.